The van der Waals surface area contributed by atoms with Gasteiger partial charge in [-0.3, -0.25) is 9.59 Å². The number of nitrogens with one attached hydrogen (secondary N) is 1. The van der Waals surface area contributed by atoms with Crippen LogP contribution in [0.4, 0.5) is 0 Å². The Labute approximate surface area is 70.1 Å². The highest BCUT2D eigenvalue weighted by Gasteiger charge is 2.29. The van der Waals surface area contributed by atoms with E-state index in [-0.39, 0.29) is 24.0 Å². The fraction of sp³-hybridized carbons (Fsp3) is 0.714. The zero-order valence-corrected chi connectivity index (χ0v) is 6.86. The van der Waals surface area contributed by atoms with Crippen molar-refractivity contribution in [2.45, 2.75) is 18.9 Å². The van der Waals surface area contributed by atoms with Crippen LogP contribution in [0, 0.1) is 0 Å². The van der Waals surface area contributed by atoms with Gasteiger partial charge in [-0.1, -0.05) is 0 Å². The number of ketones is 2. The van der Waals surface area contributed by atoms with Gasteiger partial charge < -0.3 is 5.32 Å². The lowest BCUT2D eigenvalue weighted by molar-refractivity contribution is -0.122. The normalized spacial score (nSPS) is 24.6. The average molecular weight is 176 g/mol. The van der Waals surface area contributed by atoms with Gasteiger partial charge >= 0.3 is 0 Å². The molecule has 0 radical (unpaired) electrons. The Kier molecular flexibility index (Phi) is 3.02. The molecule has 62 valence electrons. The second-order valence-corrected chi connectivity index (χ2v) is 2.96. The van der Waals surface area contributed by atoms with Gasteiger partial charge in [0.1, 0.15) is 5.78 Å². The molecule has 0 spiro atoms. The minimum Gasteiger partial charge on any atom is -0.306 e. The Balaban J connectivity index is 2.34. The van der Waals surface area contributed by atoms with Gasteiger partial charge in [-0.15, -0.1) is 11.6 Å². The zero-order valence-electron chi connectivity index (χ0n) is 6.10. The second kappa shape index (κ2) is 3.83. The maximum Gasteiger partial charge on any atom is 0.157 e. The van der Waals surface area contributed by atoms with Crippen LogP contribution >= 0.6 is 11.6 Å². The van der Waals surface area contributed by atoms with E-state index in [0.717, 1.165) is 0 Å². The van der Waals surface area contributed by atoms with Gasteiger partial charge in [0.25, 0.3) is 0 Å². The standard InChI is InChI=1S/C7H10ClNO2/c8-1-2-9-6-3-5(10)4-7(6)11/h6,9H,1-4H2. The van der Waals surface area contributed by atoms with Crippen molar-refractivity contribution in [1.29, 1.82) is 0 Å². The molecule has 0 aromatic heterocycles. The Bertz CT molecular complexity index is 181. The van der Waals surface area contributed by atoms with Crippen LogP contribution < -0.4 is 5.32 Å². The van der Waals surface area contributed by atoms with Crippen molar-refractivity contribution >= 4 is 23.2 Å². The van der Waals surface area contributed by atoms with Gasteiger partial charge in [-0.05, 0) is 0 Å². The third-order valence-corrected chi connectivity index (χ3v) is 1.87. The largest absolute Gasteiger partial charge is 0.306 e. The summed E-state index contributed by atoms with van der Waals surface area (Å²) in [6.45, 7) is 0.589. The lowest BCUT2D eigenvalue weighted by atomic mass is 10.2. The molecule has 1 aliphatic carbocycles. The predicted octanol–water partition coefficient (Wildman–Crippen LogP) is 0.115. The summed E-state index contributed by atoms with van der Waals surface area (Å²) >= 11 is 5.41. The SMILES string of the molecule is O=C1CC(=O)C(NCCCl)C1. The van der Waals surface area contributed by atoms with E-state index in [1.807, 2.05) is 0 Å². The number of rotatable bonds is 3. The van der Waals surface area contributed by atoms with E-state index in [4.69, 9.17) is 11.6 Å². The topological polar surface area (TPSA) is 46.2 Å². The molecule has 1 aliphatic rings. The van der Waals surface area contributed by atoms with Crippen molar-refractivity contribution in [1.82, 2.24) is 5.32 Å². The van der Waals surface area contributed by atoms with E-state index in [9.17, 15) is 9.59 Å². The van der Waals surface area contributed by atoms with E-state index in [1.54, 1.807) is 0 Å². The summed E-state index contributed by atoms with van der Waals surface area (Å²) in [7, 11) is 0. The number of hydrogen-bond donors (Lipinski definition) is 1. The summed E-state index contributed by atoms with van der Waals surface area (Å²) in [6, 6.07) is -0.263. The third-order valence-electron chi connectivity index (χ3n) is 1.68. The first-order valence-electron chi connectivity index (χ1n) is 3.58. The number of Topliss-reactive ketones (excluding diaryl/α,β-unsaturated/α-hetero) is 2. The van der Waals surface area contributed by atoms with Crippen LogP contribution in [0.2, 0.25) is 0 Å². The molecule has 4 heteroatoms. The average Bonchev–Trinajstić information content (AvgIpc) is 2.26. The molecule has 1 saturated carbocycles. The van der Waals surface area contributed by atoms with E-state index in [0.29, 0.717) is 18.8 Å². The van der Waals surface area contributed by atoms with E-state index in [2.05, 4.69) is 5.32 Å². The van der Waals surface area contributed by atoms with Gasteiger partial charge in [-0.2, -0.15) is 0 Å². The summed E-state index contributed by atoms with van der Waals surface area (Å²) in [4.78, 5) is 21.7. The van der Waals surface area contributed by atoms with Crippen LogP contribution in [0.1, 0.15) is 12.8 Å². The molecule has 1 N–H and O–H groups in total. The molecule has 0 aromatic carbocycles. The van der Waals surface area contributed by atoms with Crippen molar-refractivity contribution < 1.29 is 9.59 Å². The maximum absolute atomic E-state index is 11.0. The van der Waals surface area contributed by atoms with Crippen LogP contribution in [0.25, 0.3) is 0 Å². The van der Waals surface area contributed by atoms with Crippen LogP contribution in [0.15, 0.2) is 0 Å². The first-order chi connectivity index (χ1) is 5.24. The van der Waals surface area contributed by atoms with Gasteiger partial charge in [0.15, 0.2) is 5.78 Å². The van der Waals surface area contributed by atoms with Crippen LogP contribution in [0.5, 0.6) is 0 Å². The Morgan fingerprint density at radius 1 is 1.55 bits per heavy atom. The van der Waals surface area contributed by atoms with Gasteiger partial charge in [0.2, 0.25) is 0 Å². The van der Waals surface area contributed by atoms with Crippen molar-refractivity contribution in [2.24, 2.45) is 0 Å². The molecule has 0 aromatic rings. The molecule has 1 atom stereocenters. The fourth-order valence-electron chi connectivity index (χ4n) is 1.15. The lowest BCUT2D eigenvalue weighted by Gasteiger charge is -2.06. The number of halogens is 1. The number of alkyl halides is 1. The molecule has 0 bridgehead atoms. The molecule has 3 nitrogen and oxygen atoms in total. The van der Waals surface area contributed by atoms with Crippen LogP contribution in [-0.4, -0.2) is 30.0 Å². The van der Waals surface area contributed by atoms with E-state index < -0.39 is 0 Å². The predicted molar refractivity (Wildman–Crippen MR) is 41.8 cm³/mol. The smallest absolute Gasteiger partial charge is 0.157 e. The molecule has 1 rings (SSSR count). The van der Waals surface area contributed by atoms with Crippen LogP contribution in [0.3, 0.4) is 0 Å². The first kappa shape index (κ1) is 8.68. The molecule has 0 amide bonds. The van der Waals surface area contributed by atoms with Gasteiger partial charge in [-0.25, -0.2) is 0 Å². The fourth-order valence-corrected chi connectivity index (χ4v) is 1.26. The molecule has 0 saturated heterocycles. The van der Waals surface area contributed by atoms with Crippen molar-refractivity contribution in [3.8, 4) is 0 Å². The maximum atomic E-state index is 11.0. The molecule has 1 unspecified atom stereocenters. The quantitative estimate of drug-likeness (QED) is 0.490. The summed E-state index contributed by atoms with van der Waals surface area (Å²) in [6.07, 6.45) is 0.440. The first-order valence-corrected chi connectivity index (χ1v) is 4.11. The Hall–Kier alpha value is -0.410. The summed E-state index contributed by atoms with van der Waals surface area (Å²) in [5.74, 6) is 0.500. The number of carbonyl (C=O) groups is 2. The highest BCUT2D eigenvalue weighted by Crippen LogP contribution is 2.10. The molecular weight excluding hydrogens is 166 g/mol. The number of carbonyl (C=O) groups excluding carboxylic acids is 2. The highest BCUT2D eigenvalue weighted by molar-refractivity contribution is 6.18. The Morgan fingerprint density at radius 3 is 2.73 bits per heavy atom. The zero-order chi connectivity index (χ0) is 8.27. The molecule has 0 aliphatic heterocycles. The summed E-state index contributed by atoms with van der Waals surface area (Å²) in [5, 5.41) is 2.91. The van der Waals surface area contributed by atoms with Crippen molar-refractivity contribution in [3.05, 3.63) is 0 Å². The summed E-state index contributed by atoms with van der Waals surface area (Å²) in [5.41, 5.74) is 0. The van der Waals surface area contributed by atoms with Crippen molar-refractivity contribution in [3.63, 3.8) is 0 Å². The summed E-state index contributed by atoms with van der Waals surface area (Å²) < 4.78 is 0. The third kappa shape index (κ3) is 2.27. The van der Waals surface area contributed by atoms with E-state index in [1.165, 1.54) is 0 Å². The highest BCUT2D eigenvalue weighted by atomic mass is 35.5. The molecule has 11 heavy (non-hydrogen) atoms. The number of hydrogen-bond acceptors (Lipinski definition) is 3. The van der Waals surface area contributed by atoms with Gasteiger partial charge in [0, 0.05) is 18.8 Å². The minimum atomic E-state index is -0.263. The van der Waals surface area contributed by atoms with Gasteiger partial charge in [0.05, 0.1) is 12.5 Å². The van der Waals surface area contributed by atoms with E-state index >= 15 is 0 Å². The Morgan fingerprint density at radius 2 is 2.27 bits per heavy atom. The molecule has 1 fully saturated rings. The lowest BCUT2D eigenvalue weighted by Crippen LogP contribution is -2.33. The van der Waals surface area contributed by atoms with Crippen LogP contribution in [-0.2, 0) is 9.59 Å². The monoisotopic (exact) mass is 175 g/mol. The minimum absolute atomic E-state index is 0.000108. The second-order valence-electron chi connectivity index (χ2n) is 2.58. The molecular formula is C7H10ClNO2. The molecule has 0 heterocycles. The van der Waals surface area contributed by atoms with Crippen molar-refractivity contribution in [2.75, 3.05) is 12.4 Å².